The Balaban J connectivity index is 1.96. The van der Waals surface area contributed by atoms with Gasteiger partial charge in [0.25, 0.3) is 0 Å². The standard InChI is InChI=1S/C19H23NO2/c1-19(13-21)17(22)12-16(14-8-4-2-5-9-14)20-18(19)15-10-6-3-7-11-15/h2-11,16-18,20-22H,12-13H2,1H3. The molecule has 2 aromatic carbocycles. The minimum Gasteiger partial charge on any atom is -0.396 e. The van der Waals surface area contributed by atoms with Crippen molar-refractivity contribution in [2.45, 2.75) is 31.5 Å². The molecule has 1 fully saturated rings. The topological polar surface area (TPSA) is 52.5 Å². The molecule has 1 aliphatic heterocycles. The lowest BCUT2D eigenvalue weighted by atomic mass is 9.69. The van der Waals surface area contributed by atoms with Gasteiger partial charge in [-0.05, 0) is 17.5 Å². The van der Waals surface area contributed by atoms with Crippen LogP contribution >= 0.6 is 0 Å². The first-order valence-corrected chi connectivity index (χ1v) is 7.80. The van der Waals surface area contributed by atoms with Crippen molar-refractivity contribution in [1.82, 2.24) is 5.32 Å². The van der Waals surface area contributed by atoms with Gasteiger partial charge in [-0.25, -0.2) is 0 Å². The molecule has 0 bridgehead atoms. The molecule has 22 heavy (non-hydrogen) atoms. The third-order valence-electron chi connectivity index (χ3n) is 4.92. The Kier molecular flexibility index (Phi) is 4.30. The van der Waals surface area contributed by atoms with E-state index in [0.717, 1.165) is 5.56 Å². The van der Waals surface area contributed by atoms with Crippen LogP contribution in [0.3, 0.4) is 0 Å². The van der Waals surface area contributed by atoms with Crippen LogP contribution in [-0.2, 0) is 0 Å². The largest absolute Gasteiger partial charge is 0.396 e. The van der Waals surface area contributed by atoms with Gasteiger partial charge < -0.3 is 15.5 Å². The number of hydrogen-bond donors (Lipinski definition) is 3. The van der Waals surface area contributed by atoms with E-state index in [1.807, 2.05) is 55.5 Å². The smallest absolute Gasteiger partial charge is 0.0652 e. The summed E-state index contributed by atoms with van der Waals surface area (Å²) in [6.07, 6.45) is 0.0406. The van der Waals surface area contributed by atoms with Gasteiger partial charge in [0.2, 0.25) is 0 Å². The summed E-state index contributed by atoms with van der Waals surface area (Å²) in [5.74, 6) is 0. The zero-order valence-electron chi connectivity index (χ0n) is 12.8. The van der Waals surface area contributed by atoms with E-state index in [0.29, 0.717) is 6.42 Å². The maximum atomic E-state index is 10.7. The lowest BCUT2D eigenvalue weighted by Gasteiger charge is -2.48. The lowest BCUT2D eigenvalue weighted by molar-refractivity contribution is -0.0686. The Morgan fingerprint density at radius 3 is 2.09 bits per heavy atom. The fourth-order valence-electron chi connectivity index (χ4n) is 3.38. The van der Waals surface area contributed by atoms with Crippen molar-refractivity contribution < 1.29 is 10.2 Å². The molecule has 3 nitrogen and oxygen atoms in total. The van der Waals surface area contributed by atoms with Gasteiger partial charge in [0, 0.05) is 17.5 Å². The number of aliphatic hydroxyl groups excluding tert-OH is 2. The molecule has 1 aliphatic rings. The average molecular weight is 297 g/mol. The molecule has 1 saturated heterocycles. The monoisotopic (exact) mass is 297 g/mol. The molecule has 4 atom stereocenters. The van der Waals surface area contributed by atoms with Gasteiger partial charge in [0.1, 0.15) is 0 Å². The number of piperidine rings is 1. The van der Waals surface area contributed by atoms with Crippen molar-refractivity contribution in [3.8, 4) is 0 Å². The van der Waals surface area contributed by atoms with E-state index in [2.05, 4.69) is 17.4 Å². The zero-order valence-corrected chi connectivity index (χ0v) is 12.8. The van der Waals surface area contributed by atoms with Crippen LogP contribution < -0.4 is 5.32 Å². The van der Waals surface area contributed by atoms with Crippen LogP contribution in [0.15, 0.2) is 60.7 Å². The van der Waals surface area contributed by atoms with Gasteiger partial charge in [0.05, 0.1) is 12.7 Å². The summed E-state index contributed by atoms with van der Waals surface area (Å²) in [5.41, 5.74) is 1.67. The van der Waals surface area contributed by atoms with Crippen molar-refractivity contribution in [2.24, 2.45) is 5.41 Å². The molecule has 0 amide bonds. The number of hydrogen-bond acceptors (Lipinski definition) is 3. The second kappa shape index (κ2) is 6.21. The highest BCUT2D eigenvalue weighted by Crippen LogP contribution is 2.45. The summed E-state index contributed by atoms with van der Waals surface area (Å²) in [7, 11) is 0. The highest BCUT2D eigenvalue weighted by Gasteiger charge is 2.46. The van der Waals surface area contributed by atoms with Crippen molar-refractivity contribution in [3.05, 3.63) is 71.8 Å². The number of nitrogens with one attached hydrogen (secondary N) is 1. The minimum atomic E-state index is -0.591. The first-order valence-electron chi connectivity index (χ1n) is 7.80. The second-order valence-corrected chi connectivity index (χ2v) is 6.39. The van der Waals surface area contributed by atoms with Crippen LogP contribution in [-0.4, -0.2) is 22.9 Å². The van der Waals surface area contributed by atoms with Crippen molar-refractivity contribution >= 4 is 0 Å². The first-order chi connectivity index (χ1) is 10.6. The number of rotatable bonds is 3. The third kappa shape index (κ3) is 2.68. The summed E-state index contributed by atoms with van der Waals surface area (Å²) in [4.78, 5) is 0. The summed E-state index contributed by atoms with van der Waals surface area (Å²) >= 11 is 0. The number of benzene rings is 2. The molecule has 4 unspecified atom stereocenters. The van der Waals surface area contributed by atoms with E-state index < -0.39 is 11.5 Å². The van der Waals surface area contributed by atoms with Crippen LogP contribution in [0, 0.1) is 5.41 Å². The van der Waals surface area contributed by atoms with Crippen LogP contribution in [0.25, 0.3) is 0 Å². The molecule has 3 N–H and O–H groups in total. The fourth-order valence-corrected chi connectivity index (χ4v) is 3.38. The van der Waals surface area contributed by atoms with E-state index in [-0.39, 0.29) is 18.7 Å². The SMILES string of the molecule is CC1(CO)C(O)CC(c2ccccc2)NC1c1ccccc1. The first kappa shape index (κ1) is 15.2. The quantitative estimate of drug-likeness (QED) is 0.816. The number of aliphatic hydroxyl groups is 2. The Morgan fingerprint density at radius 2 is 1.55 bits per heavy atom. The molecule has 1 heterocycles. The highest BCUT2D eigenvalue weighted by molar-refractivity contribution is 5.27. The molecule has 0 radical (unpaired) electrons. The molecule has 3 rings (SSSR count). The van der Waals surface area contributed by atoms with Gasteiger partial charge in [0.15, 0.2) is 0 Å². The van der Waals surface area contributed by atoms with Crippen LogP contribution in [0.1, 0.15) is 36.6 Å². The average Bonchev–Trinajstić information content (AvgIpc) is 2.58. The summed E-state index contributed by atoms with van der Waals surface area (Å²) in [5, 5.41) is 24.2. The molecule has 116 valence electrons. The van der Waals surface area contributed by atoms with Crippen molar-refractivity contribution in [2.75, 3.05) is 6.61 Å². The Labute approximate surface area is 131 Å². The normalized spacial score (nSPS) is 31.9. The molecular formula is C19H23NO2. The van der Waals surface area contributed by atoms with Crippen LogP contribution in [0.4, 0.5) is 0 Å². The zero-order chi connectivity index (χ0) is 15.6. The van der Waals surface area contributed by atoms with Crippen LogP contribution in [0.2, 0.25) is 0 Å². The summed E-state index contributed by atoms with van der Waals surface area (Å²) < 4.78 is 0. The van der Waals surface area contributed by atoms with Gasteiger partial charge in [-0.3, -0.25) is 0 Å². The van der Waals surface area contributed by atoms with E-state index in [1.165, 1.54) is 5.56 Å². The van der Waals surface area contributed by atoms with Crippen molar-refractivity contribution in [3.63, 3.8) is 0 Å². The molecule has 3 heteroatoms. The maximum Gasteiger partial charge on any atom is 0.0652 e. The molecule has 2 aromatic rings. The van der Waals surface area contributed by atoms with E-state index in [9.17, 15) is 10.2 Å². The van der Waals surface area contributed by atoms with Crippen molar-refractivity contribution in [1.29, 1.82) is 0 Å². The Hall–Kier alpha value is -1.68. The summed E-state index contributed by atoms with van der Waals surface area (Å²) in [6, 6.07) is 20.2. The minimum absolute atomic E-state index is 0.0533. The second-order valence-electron chi connectivity index (χ2n) is 6.39. The summed E-state index contributed by atoms with van der Waals surface area (Å²) in [6.45, 7) is 1.89. The third-order valence-corrected chi connectivity index (χ3v) is 4.92. The van der Waals surface area contributed by atoms with E-state index >= 15 is 0 Å². The molecule has 0 aromatic heterocycles. The van der Waals surface area contributed by atoms with Gasteiger partial charge >= 0.3 is 0 Å². The molecular weight excluding hydrogens is 274 g/mol. The highest BCUT2D eigenvalue weighted by atomic mass is 16.3. The van der Waals surface area contributed by atoms with Gasteiger partial charge in [-0.15, -0.1) is 0 Å². The van der Waals surface area contributed by atoms with E-state index in [4.69, 9.17) is 0 Å². The Morgan fingerprint density at radius 1 is 1.00 bits per heavy atom. The maximum absolute atomic E-state index is 10.7. The lowest BCUT2D eigenvalue weighted by Crippen LogP contribution is -2.53. The van der Waals surface area contributed by atoms with Gasteiger partial charge in [-0.2, -0.15) is 0 Å². The van der Waals surface area contributed by atoms with E-state index in [1.54, 1.807) is 0 Å². The van der Waals surface area contributed by atoms with Crippen LogP contribution in [0.5, 0.6) is 0 Å². The molecule has 0 saturated carbocycles. The Bertz CT molecular complexity index is 601. The fraction of sp³-hybridized carbons (Fsp3) is 0.368. The predicted molar refractivity (Wildman–Crippen MR) is 87.3 cm³/mol. The van der Waals surface area contributed by atoms with Gasteiger partial charge in [-0.1, -0.05) is 67.6 Å². The molecule has 0 spiro atoms. The molecule has 0 aliphatic carbocycles. The predicted octanol–water partition coefficient (Wildman–Crippen LogP) is 2.82.